The van der Waals surface area contributed by atoms with E-state index in [9.17, 15) is 0 Å². The maximum Gasteiger partial charge on any atom is -0.412 e. The molecule has 0 radical (unpaired) electrons. The quantitative estimate of drug-likeness (QED) is 0.463. The van der Waals surface area contributed by atoms with Gasteiger partial charge in [-0.05, 0) is 0 Å². The van der Waals surface area contributed by atoms with Crippen molar-refractivity contribution in [1.82, 2.24) is 0 Å². The third-order valence-corrected chi connectivity index (χ3v) is 5.90. The van der Waals surface area contributed by atoms with Crippen molar-refractivity contribution in [2.24, 2.45) is 0 Å². The van der Waals surface area contributed by atoms with Gasteiger partial charge in [-0.2, -0.15) is 0 Å². The molecule has 0 aromatic carbocycles. The molecule has 0 heterocycles. The Hall–Kier alpha value is 0.583. The van der Waals surface area contributed by atoms with Gasteiger partial charge < -0.3 is 5.48 Å². The van der Waals surface area contributed by atoms with Crippen molar-refractivity contribution in [2.45, 2.75) is 49.6 Å². The van der Waals surface area contributed by atoms with Crippen LogP contribution in [0.25, 0.3) is 0 Å². The Morgan fingerprint density at radius 2 is 1.30 bits per heavy atom. The molecule has 0 saturated heterocycles. The molecule has 0 saturated carbocycles. The molecule has 2 N–H and O–H groups in total. The van der Waals surface area contributed by atoms with Crippen molar-refractivity contribution < 1.29 is 22.6 Å². The van der Waals surface area contributed by atoms with Crippen LogP contribution in [0.4, 0.5) is 0 Å². The first-order valence-electron chi connectivity index (χ1n) is 4.41. The zero-order valence-corrected chi connectivity index (χ0v) is 10.4. The normalized spacial score (nSPS) is 8.20. The van der Waals surface area contributed by atoms with Gasteiger partial charge in [0.05, 0.1) is 0 Å². The van der Waals surface area contributed by atoms with Gasteiger partial charge >= 0.3 is 66.7 Å². The van der Waals surface area contributed by atoms with Gasteiger partial charge in [-0.1, -0.05) is 0 Å². The molecule has 1 nitrogen and oxygen atoms in total. The molecule has 0 aromatic rings. The monoisotopic (exact) mass is 196 g/mol. The minimum absolute atomic E-state index is 0. The van der Waals surface area contributed by atoms with Gasteiger partial charge in [0.2, 0.25) is 0 Å². The molecule has 2 heteroatoms. The molecule has 0 aromatic heterocycles. The Morgan fingerprint density at radius 3 is 1.60 bits per heavy atom. The van der Waals surface area contributed by atoms with Crippen molar-refractivity contribution in [2.75, 3.05) is 0 Å². The smallest absolute Gasteiger partial charge is 0.412 e. The summed E-state index contributed by atoms with van der Waals surface area (Å²) < 4.78 is 0. The minimum atomic E-state index is 0. The predicted octanol–water partition coefficient (Wildman–Crippen LogP) is 2.68. The van der Waals surface area contributed by atoms with E-state index in [0.29, 0.717) is 0 Å². The zero-order valence-electron chi connectivity index (χ0n) is 7.45. The molecule has 0 aliphatic carbocycles. The maximum atomic E-state index is 2.29. The van der Waals surface area contributed by atoms with E-state index in [4.69, 9.17) is 0 Å². The van der Waals surface area contributed by atoms with Crippen molar-refractivity contribution in [3.8, 4) is 0 Å². The first-order valence-corrected chi connectivity index (χ1v) is 8.61. The Kier molecular flexibility index (Phi) is 16.2. The van der Waals surface area contributed by atoms with Crippen LogP contribution in [0.1, 0.15) is 39.5 Å². The fourth-order valence-corrected chi connectivity index (χ4v) is 5.35. The van der Waals surface area contributed by atoms with Crippen LogP contribution in [0.2, 0.25) is 10.0 Å². The minimum Gasteiger partial charge on any atom is -0.412 e. The summed E-state index contributed by atoms with van der Waals surface area (Å²) >= 11 is 0.0146. The van der Waals surface area contributed by atoms with E-state index >= 15 is 0 Å². The first-order chi connectivity index (χ1) is 4.41. The molecule has 0 bridgehead atoms. The van der Waals surface area contributed by atoms with Gasteiger partial charge in [-0.15, -0.1) is 0 Å². The standard InChI is InChI=1S/2C4H9.H2O.Zn/c2*1-3-4-2;;/h2*1,3-4H2,2H3;1H2;. The third-order valence-electron chi connectivity index (χ3n) is 1.71. The summed E-state index contributed by atoms with van der Waals surface area (Å²) in [7, 11) is 0. The van der Waals surface area contributed by atoms with Crippen molar-refractivity contribution in [1.29, 1.82) is 0 Å². The second-order valence-electron chi connectivity index (χ2n) is 2.77. The molecule has 10 heavy (non-hydrogen) atoms. The first kappa shape index (κ1) is 13.2. The molecule has 0 aliphatic rings. The SMILES string of the molecule is CCC[CH2][Zn][CH2]CCC.O. The Labute approximate surface area is 72.5 Å². The van der Waals surface area contributed by atoms with Crippen molar-refractivity contribution in [3.63, 3.8) is 0 Å². The van der Waals surface area contributed by atoms with Gasteiger partial charge in [-0.3, -0.25) is 0 Å². The fourth-order valence-electron chi connectivity index (χ4n) is 1.03. The van der Waals surface area contributed by atoms with Gasteiger partial charge in [0.1, 0.15) is 0 Å². The summed E-state index contributed by atoms with van der Waals surface area (Å²) in [6.45, 7) is 4.59. The zero-order chi connectivity index (χ0) is 6.95. The van der Waals surface area contributed by atoms with Gasteiger partial charge in [0, 0.05) is 0 Å². The fraction of sp³-hybridized carbons (Fsp3) is 1.00. The van der Waals surface area contributed by atoms with Gasteiger partial charge in [-0.25, -0.2) is 0 Å². The van der Waals surface area contributed by atoms with E-state index in [1.807, 2.05) is 0 Å². The predicted molar refractivity (Wildman–Crippen MR) is 43.0 cm³/mol. The van der Waals surface area contributed by atoms with Crippen LogP contribution < -0.4 is 0 Å². The van der Waals surface area contributed by atoms with Gasteiger partial charge in [0.15, 0.2) is 0 Å². The second-order valence-corrected chi connectivity index (χ2v) is 7.22. The molecular formula is C8H20OZn. The van der Waals surface area contributed by atoms with Crippen LogP contribution in [-0.4, -0.2) is 5.48 Å². The molecule has 0 unspecified atom stereocenters. The summed E-state index contributed by atoms with van der Waals surface area (Å²) in [5, 5.41) is 3.28. The summed E-state index contributed by atoms with van der Waals surface area (Å²) in [6.07, 6.45) is 5.86. The average Bonchev–Trinajstić information content (AvgIpc) is 1.89. The van der Waals surface area contributed by atoms with Crippen LogP contribution in [0.3, 0.4) is 0 Å². The molecule has 0 spiro atoms. The van der Waals surface area contributed by atoms with Crippen LogP contribution in [0, 0.1) is 0 Å². The summed E-state index contributed by atoms with van der Waals surface area (Å²) in [4.78, 5) is 0. The molecule has 0 fully saturated rings. The van der Waals surface area contributed by atoms with Crippen molar-refractivity contribution >= 4 is 0 Å². The molecular weight excluding hydrogens is 177 g/mol. The van der Waals surface area contributed by atoms with Crippen LogP contribution in [0.15, 0.2) is 0 Å². The summed E-state index contributed by atoms with van der Waals surface area (Å²) in [5.74, 6) is 0. The number of rotatable bonds is 6. The van der Waals surface area contributed by atoms with E-state index in [-0.39, 0.29) is 22.6 Å². The van der Waals surface area contributed by atoms with Crippen LogP contribution in [0.5, 0.6) is 0 Å². The molecule has 0 atom stereocenters. The molecule has 0 amide bonds. The number of hydrogen-bond donors (Lipinski definition) is 0. The average molecular weight is 198 g/mol. The Bertz CT molecular complexity index is 42.5. The molecule has 60 valence electrons. The van der Waals surface area contributed by atoms with E-state index in [0.717, 1.165) is 0 Å². The van der Waals surface area contributed by atoms with E-state index in [2.05, 4.69) is 13.8 Å². The topological polar surface area (TPSA) is 31.5 Å². The van der Waals surface area contributed by atoms with E-state index in [1.165, 1.54) is 25.7 Å². The third kappa shape index (κ3) is 11.4. The van der Waals surface area contributed by atoms with Gasteiger partial charge in [0.25, 0.3) is 0 Å². The maximum absolute atomic E-state index is 2.29. The molecule has 0 aliphatic heterocycles. The van der Waals surface area contributed by atoms with E-state index in [1.54, 1.807) is 10.0 Å². The molecule has 0 rings (SSSR count). The number of hydrogen-bond acceptors (Lipinski definition) is 0. The Balaban J connectivity index is 0. The second kappa shape index (κ2) is 12.3. The number of unbranched alkanes of at least 4 members (excludes halogenated alkanes) is 2. The summed E-state index contributed by atoms with van der Waals surface area (Å²) in [5.41, 5.74) is 0. The van der Waals surface area contributed by atoms with Crippen molar-refractivity contribution in [3.05, 3.63) is 0 Å². The van der Waals surface area contributed by atoms with Crippen LogP contribution >= 0.6 is 0 Å². The summed E-state index contributed by atoms with van der Waals surface area (Å²) in [6, 6.07) is 0. The van der Waals surface area contributed by atoms with E-state index < -0.39 is 0 Å². The largest absolute Gasteiger partial charge is 0.412 e. The Morgan fingerprint density at radius 1 is 0.900 bits per heavy atom. The van der Waals surface area contributed by atoms with Crippen LogP contribution in [-0.2, 0) is 17.1 Å².